The molecule has 0 aliphatic carbocycles. The van der Waals surface area contributed by atoms with Crippen molar-refractivity contribution in [1.82, 2.24) is 0 Å². The van der Waals surface area contributed by atoms with Crippen LogP contribution in [0.3, 0.4) is 0 Å². The van der Waals surface area contributed by atoms with E-state index < -0.39 is 43.6 Å². The molecule has 1 aliphatic rings. The van der Waals surface area contributed by atoms with Crippen molar-refractivity contribution < 1.29 is 33.9 Å². The van der Waals surface area contributed by atoms with E-state index >= 15 is 0 Å². The van der Waals surface area contributed by atoms with Gasteiger partial charge in [-0.1, -0.05) is 0 Å². The van der Waals surface area contributed by atoms with Crippen molar-refractivity contribution >= 4 is 0 Å². The molecular weight excluding hydrogens is 202 g/mol. The van der Waals surface area contributed by atoms with E-state index in [9.17, 15) is 13.9 Å². The zero-order valence-corrected chi connectivity index (χ0v) is 7.18. The van der Waals surface area contributed by atoms with E-state index in [-0.39, 0.29) is 0 Å². The molecule has 7 heteroatoms. The second kappa shape index (κ2) is 4.03. The minimum absolute atomic E-state index is 1.20. The molecule has 4 N–H and O–H groups in total. The van der Waals surface area contributed by atoms with Gasteiger partial charge in [0.25, 0.3) is 0 Å². The molecule has 0 saturated carbocycles. The van der Waals surface area contributed by atoms with Gasteiger partial charge in [-0.25, -0.2) is 8.78 Å². The van der Waals surface area contributed by atoms with Gasteiger partial charge in [0.05, 0.1) is 0 Å². The van der Waals surface area contributed by atoms with Gasteiger partial charge in [0.15, 0.2) is 0 Å². The molecule has 0 bridgehead atoms. The van der Waals surface area contributed by atoms with Gasteiger partial charge in [0, 0.05) is 0 Å². The summed E-state index contributed by atoms with van der Waals surface area (Å²) in [6, 6.07) is 0. The third-order valence-corrected chi connectivity index (χ3v) is 2.22. The van der Waals surface area contributed by atoms with E-state index in [0.717, 1.165) is 0 Å². The van der Waals surface area contributed by atoms with E-state index in [1.807, 2.05) is 0 Å². The minimum Gasteiger partial charge on any atom is -0.387 e. The molecule has 1 rings (SSSR count). The van der Waals surface area contributed by atoms with Crippen LogP contribution in [0, 0.1) is 0 Å². The second-order valence-corrected chi connectivity index (χ2v) is 3.22. The van der Waals surface area contributed by atoms with E-state index in [1.54, 1.807) is 0 Å². The summed E-state index contributed by atoms with van der Waals surface area (Å²) in [7, 11) is 0. The molecule has 84 valence electrons. The molecule has 5 nitrogen and oxygen atoms in total. The van der Waals surface area contributed by atoms with Crippen LogP contribution >= 0.6 is 0 Å². The molecule has 1 fully saturated rings. The highest BCUT2D eigenvalue weighted by Crippen LogP contribution is 2.28. The molecule has 3 unspecified atom stereocenters. The van der Waals surface area contributed by atoms with E-state index in [0.29, 0.717) is 0 Å². The highest BCUT2D eigenvalue weighted by molar-refractivity contribution is 4.95. The van der Waals surface area contributed by atoms with Crippen LogP contribution < -0.4 is 0 Å². The Hall–Kier alpha value is -0.340. The average molecular weight is 214 g/mol. The smallest absolute Gasteiger partial charge is 0.224 e. The van der Waals surface area contributed by atoms with Crippen molar-refractivity contribution in [2.45, 2.75) is 30.2 Å². The third kappa shape index (κ3) is 1.73. The van der Waals surface area contributed by atoms with E-state index in [4.69, 9.17) is 15.3 Å². The molecule has 14 heavy (non-hydrogen) atoms. The summed E-state index contributed by atoms with van der Waals surface area (Å²) in [6.45, 7) is -2.71. The number of rotatable bonds is 2. The fraction of sp³-hybridized carbons (Fsp3) is 1.00. The maximum Gasteiger partial charge on any atom is 0.224 e. The van der Waals surface area contributed by atoms with Crippen molar-refractivity contribution in [3.05, 3.63) is 0 Å². The van der Waals surface area contributed by atoms with Crippen LogP contribution in [0.15, 0.2) is 0 Å². The Morgan fingerprint density at radius 2 is 1.71 bits per heavy atom. The van der Waals surface area contributed by atoms with Gasteiger partial charge in [0.2, 0.25) is 5.79 Å². The summed E-state index contributed by atoms with van der Waals surface area (Å²) >= 11 is 0. The molecule has 1 saturated heterocycles. The summed E-state index contributed by atoms with van der Waals surface area (Å²) in [4.78, 5) is 0. The Morgan fingerprint density at radius 1 is 1.14 bits per heavy atom. The number of halogens is 2. The Labute approximate surface area is 78.5 Å². The predicted molar refractivity (Wildman–Crippen MR) is 39.8 cm³/mol. The molecule has 1 aliphatic heterocycles. The molecule has 0 aromatic rings. The summed E-state index contributed by atoms with van der Waals surface area (Å²) in [5.74, 6) is -2.66. The molecule has 0 amide bonds. The van der Waals surface area contributed by atoms with Gasteiger partial charge in [-0.2, -0.15) is 0 Å². The summed E-state index contributed by atoms with van der Waals surface area (Å²) in [6.07, 6.45) is -7.09. The van der Waals surface area contributed by atoms with Crippen LogP contribution in [-0.4, -0.2) is 64.0 Å². The zero-order chi connectivity index (χ0) is 10.9. The fourth-order valence-corrected chi connectivity index (χ4v) is 1.31. The van der Waals surface area contributed by atoms with Crippen LogP contribution in [0.1, 0.15) is 0 Å². The van der Waals surface area contributed by atoms with Gasteiger partial charge in [0.1, 0.15) is 37.8 Å². The number of aliphatic hydroxyl groups is 4. The van der Waals surface area contributed by atoms with Crippen molar-refractivity contribution in [2.24, 2.45) is 0 Å². The Kier molecular flexibility index (Phi) is 3.38. The van der Waals surface area contributed by atoms with Gasteiger partial charge in [-0.3, -0.25) is 0 Å². The van der Waals surface area contributed by atoms with Gasteiger partial charge >= 0.3 is 0 Å². The first-order chi connectivity index (χ1) is 6.46. The molecule has 0 aromatic carbocycles. The van der Waals surface area contributed by atoms with E-state index in [2.05, 4.69) is 4.74 Å². The second-order valence-electron chi connectivity index (χ2n) is 3.22. The van der Waals surface area contributed by atoms with E-state index in [1.165, 1.54) is 0 Å². The van der Waals surface area contributed by atoms with Crippen LogP contribution in [0.5, 0.6) is 0 Å². The number of alkyl halides is 2. The lowest BCUT2D eigenvalue weighted by atomic mass is 9.93. The van der Waals surface area contributed by atoms with Crippen molar-refractivity contribution in [3.8, 4) is 0 Å². The topological polar surface area (TPSA) is 90.2 Å². The van der Waals surface area contributed by atoms with Crippen LogP contribution in [0.25, 0.3) is 0 Å². The average Bonchev–Trinajstić information content (AvgIpc) is 2.20. The summed E-state index contributed by atoms with van der Waals surface area (Å²) < 4.78 is 28.9. The molecule has 1 heterocycles. The minimum atomic E-state index is -2.66. The summed E-state index contributed by atoms with van der Waals surface area (Å²) in [5, 5.41) is 36.7. The Balaban J connectivity index is 2.84. The lowest BCUT2D eigenvalue weighted by Crippen LogP contribution is -2.65. The number of aliphatic hydroxyl groups excluding tert-OH is 3. The number of hydrogen-bond donors (Lipinski definition) is 4. The quantitative estimate of drug-likeness (QED) is 0.431. The van der Waals surface area contributed by atoms with Crippen LogP contribution in [0.2, 0.25) is 0 Å². The van der Waals surface area contributed by atoms with Crippen molar-refractivity contribution in [3.63, 3.8) is 0 Å². The van der Waals surface area contributed by atoms with Gasteiger partial charge in [-0.05, 0) is 0 Å². The van der Waals surface area contributed by atoms with Gasteiger partial charge < -0.3 is 25.2 Å². The highest BCUT2D eigenvalue weighted by atomic mass is 19.1. The van der Waals surface area contributed by atoms with Crippen molar-refractivity contribution in [1.29, 1.82) is 0 Å². The van der Waals surface area contributed by atoms with Crippen molar-refractivity contribution in [2.75, 3.05) is 13.3 Å². The maximum absolute atomic E-state index is 12.3. The molecule has 5 atom stereocenters. The predicted octanol–water partition coefficient (Wildman–Crippen LogP) is -1.90. The highest BCUT2D eigenvalue weighted by Gasteiger charge is 2.52. The first kappa shape index (κ1) is 11.7. The molecule has 0 spiro atoms. The molecular formula is C7H12F2O5. The Morgan fingerprint density at radius 3 is 2.14 bits per heavy atom. The fourth-order valence-electron chi connectivity index (χ4n) is 1.31. The Bertz CT molecular complexity index is 203. The van der Waals surface area contributed by atoms with Crippen LogP contribution in [0.4, 0.5) is 8.78 Å². The number of hydrogen-bond acceptors (Lipinski definition) is 5. The van der Waals surface area contributed by atoms with Crippen LogP contribution in [-0.2, 0) is 4.74 Å². The number of ether oxygens (including phenoxy) is 1. The van der Waals surface area contributed by atoms with Gasteiger partial charge in [-0.15, -0.1) is 0 Å². The standard InChI is InChI=1S/C7H12F2O5/c8-1-3-4(10)5(11)6(12)7(13,2-9)14-3/h3-6,10-13H,1-2H2/t3?,4-,5?,6?,7+/m1/s1. The first-order valence-corrected chi connectivity index (χ1v) is 4.02. The molecule has 0 radical (unpaired) electrons. The summed E-state index contributed by atoms with van der Waals surface area (Å²) in [5.41, 5.74) is 0. The first-order valence-electron chi connectivity index (χ1n) is 4.02. The largest absolute Gasteiger partial charge is 0.387 e. The monoisotopic (exact) mass is 214 g/mol. The zero-order valence-electron chi connectivity index (χ0n) is 7.18. The lowest BCUT2D eigenvalue weighted by molar-refractivity contribution is -0.350. The normalized spacial score (nSPS) is 49.3. The maximum atomic E-state index is 12.3. The third-order valence-electron chi connectivity index (χ3n) is 2.22. The lowest BCUT2D eigenvalue weighted by Gasteiger charge is -2.43. The molecule has 0 aromatic heterocycles. The SMILES string of the molecule is OC1C(O)[C@](O)(CF)OC(CF)[C@H]1O.